The van der Waals surface area contributed by atoms with E-state index in [9.17, 15) is 5.11 Å². The molecule has 1 atom stereocenters. The Balaban J connectivity index is 2.96. The van der Waals surface area contributed by atoms with E-state index in [1.807, 2.05) is 0 Å². The number of benzene rings is 1. The van der Waals surface area contributed by atoms with Crippen LogP contribution in [0.5, 0.6) is 5.75 Å². The second-order valence-electron chi connectivity index (χ2n) is 9.47. The first-order valence-electron chi connectivity index (χ1n) is 9.95. The second kappa shape index (κ2) is 9.07. The van der Waals surface area contributed by atoms with Crippen LogP contribution in [0.3, 0.4) is 0 Å². The van der Waals surface area contributed by atoms with E-state index in [1.54, 1.807) is 0 Å². The zero-order valence-corrected chi connectivity index (χ0v) is 17.8. The molecule has 1 rings (SSSR count). The van der Waals surface area contributed by atoms with E-state index >= 15 is 0 Å². The van der Waals surface area contributed by atoms with E-state index in [0.717, 1.165) is 23.3 Å². The van der Waals surface area contributed by atoms with Crippen LogP contribution in [0.25, 0.3) is 0 Å². The molecular formula is C23H40O2. The number of aromatic hydroxyl groups is 1. The van der Waals surface area contributed by atoms with Crippen molar-refractivity contribution in [3.63, 3.8) is 0 Å². The highest BCUT2D eigenvalue weighted by Gasteiger charge is 2.26. The number of unbranched alkanes of at least 4 members (excludes halogenated alkanes) is 1. The SMILES string of the molecule is CCCCC(CC)COCc1cc(C(C)(C)C)c(O)c(C(C)(C)C)c1. The molecular weight excluding hydrogens is 308 g/mol. The number of ether oxygens (including phenoxy) is 1. The third-order valence-electron chi connectivity index (χ3n) is 4.95. The fourth-order valence-electron chi connectivity index (χ4n) is 3.16. The van der Waals surface area contributed by atoms with Crippen LogP contribution in [-0.2, 0) is 22.2 Å². The fourth-order valence-corrected chi connectivity index (χ4v) is 3.16. The molecule has 1 aromatic carbocycles. The maximum Gasteiger partial charge on any atom is 0.123 e. The Morgan fingerprint density at radius 2 is 1.48 bits per heavy atom. The van der Waals surface area contributed by atoms with Gasteiger partial charge in [-0.3, -0.25) is 0 Å². The van der Waals surface area contributed by atoms with Crippen molar-refractivity contribution in [3.05, 3.63) is 28.8 Å². The predicted octanol–water partition coefficient (Wildman–Crippen LogP) is 6.72. The summed E-state index contributed by atoms with van der Waals surface area (Å²) in [6.07, 6.45) is 4.96. The van der Waals surface area contributed by atoms with Crippen LogP contribution in [0.4, 0.5) is 0 Å². The Kier molecular flexibility index (Phi) is 7.99. The normalized spacial score (nSPS) is 13.9. The van der Waals surface area contributed by atoms with Crippen LogP contribution in [0.15, 0.2) is 12.1 Å². The number of rotatable bonds is 8. The van der Waals surface area contributed by atoms with Gasteiger partial charge in [-0.1, -0.05) is 74.7 Å². The monoisotopic (exact) mass is 348 g/mol. The van der Waals surface area contributed by atoms with E-state index in [0.29, 0.717) is 18.3 Å². The second-order valence-corrected chi connectivity index (χ2v) is 9.47. The van der Waals surface area contributed by atoms with Gasteiger partial charge in [0.1, 0.15) is 5.75 Å². The number of phenols is 1. The summed E-state index contributed by atoms with van der Waals surface area (Å²) in [6.45, 7) is 18.8. The standard InChI is InChI=1S/C23H40O2/c1-9-11-12-17(10-2)15-25-16-18-13-19(22(3,4)5)21(24)20(14-18)23(6,7)8/h13-14,17,24H,9-12,15-16H2,1-8H3. The van der Waals surface area contributed by atoms with E-state index in [1.165, 1.54) is 25.7 Å². The van der Waals surface area contributed by atoms with Crippen molar-refractivity contribution in [3.8, 4) is 5.75 Å². The molecule has 2 heteroatoms. The summed E-state index contributed by atoms with van der Waals surface area (Å²) in [5, 5.41) is 10.8. The lowest BCUT2D eigenvalue weighted by Gasteiger charge is -2.28. The number of hydrogen-bond acceptors (Lipinski definition) is 2. The molecule has 144 valence electrons. The quantitative estimate of drug-likeness (QED) is 0.565. The number of phenolic OH excluding ortho intramolecular Hbond substituents is 1. The lowest BCUT2D eigenvalue weighted by Crippen LogP contribution is -2.18. The van der Waals surface area contributed by atoms with Crippen LogP contribution in [0.2, 0.25) is 0 Å². The lowest BCUT2D eigenvalue weighted by atomic mass is 9.78. The smallest absolute Gasteiger partial charge is 0.123 e. The van der Waals surface area contributed by atoms with Gasteiger partial charge >= 0.3 is 0 Å². The average Bonchev–Trinajstić information content (AvgIpc) is 2.49. The molecule has 0 radical (unpaired) electrons. The van der Waals surface area contributed by atoms with Crippen molar-refractivity contribution in [1.29, 1.82) is 0 Å². The Labute approximate surface area is 156 Å². The van der Waals surface area contributed by atoms with E-state index in [4.69, 9.17) is 4.74 Å². The van der Waals surface area contributed by atoms with Gasteiger partial charge in [0.25, 0.3) is 0 Å². The van der Waals surface area contributed by atoms with Crippen LogP contribution in [0.1, 0.15) is 97.8 Å². The lowest BCUT2D eigenvalue weighted by molar-refractivity contribution is 0.0818. The molecule has 0 aliphatic rings. The Morgan fingerprint density at radius 1 is 0.960 bits per heavy atom. The first-order chi connectivity index (χ1) is 11.5. The molecule has 0 spiro atoms. The fraction of sp³-hybridized carbons (Fsp3) is 0.739. The van der Waals surface area contributed by atoms with Gasteiger partial charge in [-0.25, -0.2) is 0 Å². The summed E-state index contributed by atoms with van der Waals surface area (Å²) in [5.74, 6) is 1.10. The van der Waals surface area contributed by atoms with E-state index in [2.05, 4.69) is 67.5 Å². The highest BCUT2D eigenvalue weighted by atomic mass is 16.5. The minimum absolute atomic E-state index is 0.0901. The van der Waals surface area contributed by atoms with E-state index < -0.39 is 0 Å². The molecule has 1 N–H and O–H groups in total. The molecule has 0 aliphatic carbocycles. The maximum atomic E-state index is 10.8. The van der Waals surface area contributed by atoms with Crippen LogP contribution in [0, 0.1) is 5.92 Å². The molecule has 1 aromatic rings. The van der Waals surface area contributed by atoms with Gasteiger partial charge < -0.3 is 9.84 Å². The molecule has 0 fully saturated rings. The highest BCUT2D eigenvalue weighted by Crippen LogP contribution is 2.39. The molecule has 0 heterocycles. The summed E-state index contributed by atoms with van der Waals surface area (Å²) in [7, 11) is 0. The average molecular weight is 349 g/mol. The minimum Gasteiger partial charge on any atom is -0.507 e. The van der Waals surface area contributed by atoms with Gasteiger partial charge in [0.05, 0.1) is 6.61 Å². The predicted molar refractivity (Wildman–Crippen MR) is 108 cm³/mol. The molecule has 1 unspecified atom stereocenters. The Morgan fingerprint density at radius 3 is 1.88 bits per heavy atom. The van der Waals surface area contributed by atoms with Gasteiger partial charge in [-0.15, -0.1) is 0 Å². The molecule has 0 aromatic heterocycles. The topological polar surface area (TPSA) is 29.5 Å². The number of hydrogen-bond donors (Lipinski definition) is 1. The maximum absolute atomic E-state index is 10.8. The van der Waals surface area contributed by atoms with Crippen molar-refractivity contribution in [2.24, 2.45) is 5.92 Å². The van der Waals surface area contributed by atoms with Crippen molar-refractivity contribution < 1.29 is 9.84 Å². The van der Waals surface area contributed by atoms with Crippen LogP contribution in [-0.4, -0.2) is 11.7 Å². The van der Waals surface area contributed by atoms with Gasteiger partial charge in [0, 0.05) is 6.61 Å². The molecule has 0 amide bonds. The highest BCUT2D eigenvalue weighted by molar-refractivity contribution is 5.49. The summed E-state index contributed by atoms with van der Waals surface area (Å²) in [5.41, 5.74) is 3.01. The Bertz CT molecular complexity index is 497. The van der Waals surface area contributed by atoms with Crippen molar-refractivity contribution >= 4 is 0 Å². The summed E-state index contributed by atoms with van der Waals surface area (Å²) < 4.78 is 6.06. The van der Waals surface area contributed by atoms with Crippen molar-refractivity contribution in [2.75, 3.05) is 6.61 Å². The minimum atomic E-state index is -0.0901. The zero-order chi connectivity index (χ0) is 19.3. The van der Waals surface area contributed by atoms with Gasteiger partial charge in [0.2, 0.25) is 0 Å². The molecule has 2 nitrogen and oxygen atoms in total. The largest absolute Gasteiger partial charge is 0.507 e. The first-order valence-corrected chi connectivity index (χ1v) is 9.95. The van der Waals surface area contributed by atoms with Gasteiger partial charge in [-0.05, 0) is 52.0 Å². The van der Waals surface area contributed by atoms with Crippen molar-refractivity contribution in [2.45, 2.75) is 98.5 Å². The van der Waals surface area contributed by atoms with Gasteiger partial charge in [0.15, 0.2) is 0 Å². The zero-order valence-electron chi connectivity index (χ0n) is 17.8. The van der Waals surface area contributed by atoms with Gasteiger partial charge in [-0.2, -0.15) is 0 Å². The molecule has 0 aliphatic heterocycles. The first kappa shape index (κ1) is 22.0. The molecule has 0 saturated heterocycles. The summed E-state index contributed by atoms with van der Waals surface area (Å²) >= 11 is 0. The van der Waals surface area contributed by atoms with E-state index in [-0.39, 0.29) is 10.8 Å². The summed E-state index contributed by atoms with van der Waals surface area (Å²) in [6, 6.07) is 4.25. The molecule has 0 bridgehead atoms. The van der Waals surface area contributed by atoms with Crippen LogP contribution < -0.4 is 0 Å². The molecule has 0 saturated carbocycles. The third-order valence-corrected chi connectivity index (χ3v) is 4.95. The van der Waals surface area contributed by atoms with Crippen molar-refractivity contribution in [1.82, 2.24) is 0 Å². The Hall–Kier alpha value is -1.02. The molecule has 25 heavy (non-hydrogen) atoms. The summed E-state index contributed by atoms with van der Waals surface area (Å²) in [4.78, 5) is 0. The third kappa shape index (κ3) is 6.66. The van der Waals surface area contributed by atoms with Crippen LogP contribution >= 0.6 is 0 Å².